The van der Waals surface area contributed by atoms with Gasteiger partial charge in [-0.3, -0.25) is 9.78 Å². The van der Waals surface area contributed by atoms with Gasteiger partial charge in [0.1, 0.15) is 5.75 Å². The molecule has 0 aliphatic heterocycles. The van der Waals surface area contributed by atoms with Crippen LogP contribution in [0.15, 0.2) is 12.3 Å². The lowest BCUT2D eigenvalue weighted by atomic mass is 10.1. The summed E-state index contributed by atoms with van der Waals surface area (Å²) in [5.74, 6) is -0.271. The van der Waals surface area contributed by atoms with Gasteiger partial charge in [-0.15, -0.1) is 0 Å². The van der Waals surface area contributed by atoms with Gasteiger partial charge >= 0.3 is 5.97 Å². The molecule has 5 nitrogen and oxygen atoms in total. The molecule has 0 spiro atoms. The topological polar surface area (TPSA) is 85.4 Å². The number of nitrogens with two attached hydrogens (primary N) is 1. The van der Waals surface area contributed by atoms with Crippen LogP contribution >= 0.6 is 0 Å². The zero-order valence-corrected chi connectivity index (χ0v) is 8.73. The monoisotopic (exact) mass is 210 g/mol. The Morgan fingerprint density at radius 2 is 2.40 bits per heavy atom. The molecule has 1 heterocycles. The van der Waals surface area contributed by atoms with Crippen molar-refractivity contribution in [3.05, 3.63) is 23.5 Å². The van der Waals surface area contributed by atoms with E-state index in [1.54, 1.807) is 19.4 Å². The molecule has 1 unspecified atom stereocenters. The second kappa shape index (κ2) is 4.75. The lowest BCUT2D eigenvalue weighted by molar-refractivity contribution is -0.137. The molecule has 0 saturated heterocycles. The highest BCUT2D eigenvalue weighted by Gasteiger charge is 2.16. The highest BCUT2D eigenvalue weighted by molar-refractivity contribution is 5.67. The fraction of sp³-hybridized carbons (Fsp3) is 0.400. The van der Waals surface area contributed by atoms with Gasteiger partial charge in [-0.2, -0.15) is 0 Å². The fourth-order valence-corrected chi connectivity index (χ4v) is 1.41. The molecule has 82 valence electrons. The third-order valence-electron chi connectivity index (χ3n) is 2.16. The Bertz CT molecular complexity index is 366. The average Bonchev–Trinajstić information content (AvgIpc) is 2.17. The molecule has 0 bridgehead atoms. The SMILES string of the molecule is COc1ccnc(C(N)CC(=O)O)c1C. The fourth-order valence-electron chi connectivity index (χ4n) is 1.41. The molecule has 0 aromatic carbocycles. The molecule has 1 atom stereocenters. The van der Waals surface area contributed by atoms with Gasteiger partial charge in [0.15, 0.2) is 0 Å². The maximum atomic E-state index is 10.5. The first-order valence-electron chi connectivity index (χ1n) is 4.53. The van der Waals surface area contributed by atoms with Crippen molar-refractivity contribution in [1.29, 1.82) is 0 Å². The molecule has 15 heavy (non-hydrogen) atoms. The van der Waals surface area contributed by atoms with E-state index in [9.17, 15) is 4.79 Å². The minimum atomic E-state index is -0.938. The van der Waals surface area contributed by atoms with Gasteiger partial charge in [-0.05, 0) is 13.0 Å². The van der Waals surface area contributed by atoms with E-state index in [4.69, 9.17) is 15.6 Å². The van der Waals surface area contributed by atoms with Crippen LogP contribution in [0, 0.1) is 6.92 Å². The van der Waals surface area contributed by atoms with Gasteiger partial charge in [0, 0.05) is 11.8 Å². The van der Waals surface area contributed by atoms with Crippen molar-refractivity contribution in [2.45, 2.75) is 19.4 Å². The Morgan fingerprint density at radius 1 is 1.73 bits per heavy atom. The lowest BCUT2D eigenvalue weighted by Crippen LogP contribution is -2.17. The van der Waals surface area contributed by atoms with Crippen molar-refractivity contribution in [3.8, 4) is 5.75 Å². The van der Waals surface area contributed by atoms with Gasteiger partial charge in [-0.1, -0.05) is 0 Å². The second-order valence-electron chi connectivity index (χ2n) is 3.23. The third-order valence-corrected chi connectivity index (χ3v) is 2.16. The normalized spacial score (nSPS) is 12.2. The molecule has 0 amide bonds. The molecule has 3 N–H and O–H groups in total. The Morgan fingerprint density at radius 3 is 2.93 bits per heavy atom. The zero-order valence-electron chi connectivity index (χ0n) is 8.73. The van der Waals surface area contributed by atoms with Crippen LogP contribution in [-0.4, -0.2) is 23.2 Å². The van der Waals surface area contributed by atoms with Crippen LogP contribution in [-0.2, 0) is 4.79 Å². The maximum Gasteiger partial charge on any atom is 0.305 e. The van der Waals surface area contributed by atoms with E-state index in [-0.39, 0.29) is 6.42 Å². The van der Waals surface area contributed by atoms with Crippen LogP contribution in [0.1, 0.15) is 23.7 Å². The number of rotatable bonds is 4. The Labute approximate surface area is 87.9 Å². The molecule has 1 aromatic heterocycles. The quantitative estimate of drug-likeness (QED) is 0.770. The van der Waals surface area contributed by atoms with Crippen LogP contribution in [0.5, 0.6) is 5.75 Å². The molecular weight excluding hydrogens is 196 g/mol. The van der Waals surface area contributed by atoms with Gasteiger partial charge in [0.05, 0.1) is 25.3 Å². The minimum absolute atomic E-state index is 0.138. The van der Waals surface area contributed by atoms with E-state index in [0.717, 1.165) is 5.56 Å². The summed E-state index contributed by atoms with van der Waals surface area (Å²) in [5, 5.41) is 8.62. The number of methoxy groups -OCH3 is 1. The summed E-state index contributed by atoms with van der Waals surface area (Å²) in [5.41, 5.74) is 7.07. The number of nitrogens with zero attached hydrogens (tertiary/aromatic N) is 1. The van der Waals surface area contributed by atoms with E-state index >= 15 is 0 Å². The third kappa shape index (κ3) is 2.66. The molecule has 5 heteroatoms. The van der Waals surface area contributed by atoms with Crippen molar-refractivity contribution >= 4 is 5.97 Å². The van der Waals surface area contributed by atoms with E-state index in [1.165, 1.54) is 0 Å². The zero-order chi connectivity index (χ0) is 11.4. The summed E-state index contributed by atoms with van der Waals surface area (Å²) < 4.78 is 5.10. The van der Waals surface area contributed by atoms with Crippen molar-refractivity contribution < 1.29 is 14.6 Å². The van der Waals surface area contributed by atoms with Crippen LogP contribution in [0.4, 0.5) is 0 Å². The van der Waals surface area contributed by atoms with Crippen molar-refractivity contribution in [2.24, 2.45) is 5.73 Å². The number of aromatic nitrogens is 1. The number of aliphatic carboxylic acids is 1. The summed E-state index contributed by atoms with van der Waals surface area (Å²) in [4.78, 5) is 14.6. The van der Waals surface area contributed by atoms with Crippen LogP contribution in [0.3, 0.4) is 0 Å². The Hall–Kier alpha value is -1.62. The second-order valence-corrected chi connectivity index (χ2v) is 3.23. The Kier molecular flexibility index (Phi) is 3.62. The summed E-state index contributed by atoms with van der Waals surface area (Å²) in [6.07, 6.45) is 1.42. The van der Waals surface area contributed by atoms with Crippen LogP contribution < -0.4 is 10.5 Å². The average molecular weight is 210 g/mol. The predicted octanol–water partition coefficient (Wildman–Crippen LogP) is 0.873. The molecule has 0 fully saturated rings. The van der Waals surface area contributed by atoms with Crippen molar-refractivity contribution in [2.75, 3.05) is 7.11 Å². The molecule has 0 radical (unpaired) electrons. The summed E-state index contributed by atoms with van der Waals surface area (Å²) in [6, 6.07) is 1.12. The van der Waals surface area contributed by atoms with Gasteiger partial charge < -0.3 is 15.6 Å². The number of ether oxygens (including phenoxy) is 1. The van der Waals surface area contributed by atoms with E-state index < -0.39 is 12.0 Å². The first-order valence-corrected chi connectivity index (χ1v) is 4.53. The van der Waals surface area contributed by atoms with Crippen molar-refractivity contribution in [3.63, 3.8) is 0 Å². The van der Waals surface area contributed by atoms with E-state index in [0.29, 0.717) is 11.4 Å². The maximum absolute atomic E-state index is 10.5. The van der Waals surface area contributed by atoms with E-state index in [2.05, 4.69) is 4.98 Å². The van der Waals surface area contributed by atoms with Crippen LogP contribution in [0.2, 0.25) is 0 Å². The largest absolute Gasteiger partial charge is 0.496 e. The first-order chi connectivity index (χ1) is 7.06. The number of pyridine rings is 1. The van der Waals surface area contributed by atoms with E-state index in [1.807, 2.05) is 6.92 Å². The molecule has 1 rings (SSSR count). The van der Waals surface area contributed by atoms with Gasteiger partial charge in [0.2, 0.25) is 0 Å². The van der Waals surface area contributed by atoms with Crippen LogP contribution in [0.25, 0.3) is 0 Å². The summed E-state index contributed by atoms with van der Waals surface area (Å²) in [6.45, 7) is 1.81. The predicted molar refractivity (Wildman–Crippen MR) is 54.7 cm³/mol. The summed E-state index contributed by atoms with van der Waals surface area (Å²) >= 11 is 0. The highest BCUT2D eigenvalue weighted by atomic mass is 16.5. The smallest absolute Gasteiger partial charge is 0.305 e. The molecular formula is C10H14N2O3. The number of hydrogen-bond donors (Lipinski definition) is 2. The van der Waals surface area contributed by atoms with Crippen molar-refractivity contribution in [1.82, 2.24) is 4.98 Å². The standard InChI is InChI=1S/C10H14N2O3/c1-6-8(15-2)3-4-12-10(6)7(11)5-9(13)14/h3-4,7H,5,11H2,1-2H3,(H,13,14). The molecule has 0 aliphatic rings. The molecule has 0 saturated carbocycles. The van der Waals surface area contributed by atoms with Gasteiger partial charge in [-0.25, -0.2) is 0 Å². The minimum Gasteiger partial charge on any atom is -0.496 e. The highest BCUT2D eigenvalue weighted by Crippen LogP contribution is 2.23. The molecule has 1 aromatic rings. The number of carboxylic acid groups (broad SMARTS) is 1. The molecule has 0 aliphatic carbocycles. The first kappa shape index (κ1) is 11.5. The number of hydrogen-bond acceptors (Lipinski definition) is 4. The Balaban J connectivity index is 2.98. The number of carboxylic acids is 1. The lowest BCUT2D eigenvalue weighted by Gasteiger charge is -2.13. The summed E-state index contributed by atoms with van der Waals surface area (Å²) in [7, 11) is 1.55. The number of carbonyl (C=O) groups is 1. The van der Waals surface area contributed by atoms with Gasteiger partial charge in [0.25, 0.3) is 0 Å².